The summed E-state index contributed by atoms with van der Waals surface area (Å²) in [6.07, 6.45) is 0.659. The highest BCUT2D eigenvalue weighted by atomic mass is 79.9. The van der Waals surface area contributed by atoms with Crippen molar-refractivity contribution in [2.24, 2.45) is 5.14 Å². The van der Waals surface area contributed by atoms with Gasteiger partial charge >= 0.3 is 0 Å². The zero-order valence-corrected chi connectivity index (χ0v) is 12.9. The van der Waals surface area contributed by atoms with Gasteiger partial charge < -0.3 is 0 Å². The number of nitrogens with zero attached hydrogens (tertiary/aromatic N) is 3. The predicted octanol–water partition coefficient (Wildman–Crippen LogP) is 1.90. The van der Waals surface area contributed by atoms with Crippen LogP contribution in [-0.4, -0.2) is 23.2 Å². The lowest BCUT2D eigenvalue weighted by atomic mass is 10.2. The minimum absolute atomic E-state index is 0.266. The summed E-state index contributed by atoms with van der Waals surface area (Å²) in [5.74, 6) is -0.201. The summed E-state index contributed by atoms with van der Waals surface area (Å²) in [7, 11) is -3.97. The molecule has 20 heavy (non-hydrogen) atoms. The number of hydrogen-bond donors (Lipinski definition) is 1. The predicted molar refractivity (Wildman–Crippen MR) is 74.8 cm³/mol. The second kappa shape index (κ2) is 5.58. The van der Waals surface area contributed by atoms with Crippen LogP contribution in [0.1, 0.15) is 13.3 Å². The lowest BCUT2D eigenvalue weighted by molar-refractivity contribution is 0.559. The minimum Gasteiger partial charge on any atom is -0.297 e. The van der Waals surface area contributed by atoms with Crippen LogP contribution in [0.2, 0.25) is 0 Å². The van der Waals surface area contributed by atoms with E-state index in [2.05, 4.69) is 26.1 Å². The number of primary sulfonamides is 1. The third-order valence-electron chi connectivity index (χ3n) is 2.60. The van der Waals surface area contributed by atoms with Crippen molar-refractivity contribution in [3.8, 4) is 11.4 Å². The molecule has 0 unspecified atom stereocenters. The van der Waals surface area contributed by atoms with Crippen molar-refractivity contribution in [2.45, 2.75) is 25.0 Å². The van der Waals surface area contributed by atoms with Crippen molar-refractivity contribution in [1.29, 1.82) is 0 Å². The highest BCUT2D eigenvalue weighted by Gasteiger charge is 2.21. The Morgan fingerprint density at radius 1 is 1.40 bits per heavy atom. The smallest absolute Gasteiger partial charge is 0.273 e. The molecule has 0 aliphatic heterocycles. The van der Waals surface area contributed by atoms with E-state index in [1.54, 1.807) is 6.07 Å². The van der Waals surface area contributed by atoms with Crippen LogP contribution >= 0.6 is 15.9 Å². The Hall–Kier alpha value is -1.32. The lowest BCUT2D eigenvalue weighted by Gasteiger charge is -2.08. The Bertz CT molecular complexity index is 745. The van der Waals surface area contributed by atoms with Crippen LogP contribution in [-0.2, 0) is 16.6 Å². The maximum atomic E-state index is 13.6. The summed E-state index contributed by atoms with van der Waals surface area (Å²) in [4.78, 5) is 0. The van der Waals surface area contributed by atoms with Gasteiger partial charge in [-0.15, -0.1) is 10.2 Å². The molecule has 6 nitrogen and oxygen atoms in total. The van der Waals surface area contributed by atoms with E-state index < -0.39 is 15.8 Å². The first-order chi connectivity index (χ1) is 9.34. The molecule has 0 saturated heterocycles. The molecular weight excluding hydrogens is 351 g/mol. The van der Waals surface area contributed by atoms with E-state index in [9.17, 15) is 12.8 Å². The minimum atomic E-state index is -3.97. The maximum absolute atomic E-state index is 13.6. The third kappa shape index (κ3) is 2.89. The monoisotopic (exact) mass is 362 g/mol. The number of rotatable bonds is 4. The first-order valence-corrected chi connectivity index (χ1v) is 8.10. The zero-order chi connectivity index (χ0) is 14.9. The molecule has 0 aliphatic rings. The molecule has 0 amide bonds. The molecule has 0 aliphatic carbocycles. The first-order valence-electron chi connectivity index (χ1n) is 5.76. The van der Waals surface area contributed by atoms with E-state index in [0.29, 0.717) is 23.0 Å². The van der Waals surface area contributed by atoms with Crippen molar-refractivity contribution >= 4 is 26.0 Å². The highest BCUT2D eigenvalue weighted by molar-refractivity contribution is 9.10. The fourth-order valence-corrected chi connectivity index (χ4v) is 2.66. The molecule has 108 valence electrons. The van der Waals surface area contributed by atoms with Crippen LogP contribution in [0.3, 0.4) is 0 Å². The van der Waals surface area contributed by atoms with Gasteiger partial charge in [0, 0.05) is 12.1 Å². The van der Waals surface area contributed by atoms with E-state index in [1.165, 1.54) is 16.7 Å². The third-order valence-corrected chi connectivity index (χ3v) is 4.05. The van der Waals surface area contributed by atoms with Crippen molar-refractivity contribution in [3.63, 3.8) is 0 Å². The zero-order valence-electron chi connectivity index (χ0n) is 10.5. The standard InChI is InChI=1S/C11H12BrFN4O2S/c1-2-5-17-10(15-16-11(17)20(14,18)19)7-3-4-8(12)9(13)6-7/h3-4,6H,2,5H2,1H3,(H2,14,18,19). The summed E-state index contributed by atoms with van der Waals surface area (Å²) in [6.45, 7) is 2.24. The van der Waals surface area contributed by atoms with E-state index >= 15 is 0 Å². The van der Waals surface area contributed by atoms with Crippen molar-refractivity contribution < 1.29 is 12.8 Å². The van der Waals surface area contributed by atoms with Crippen LogP contribution in [0.5, 0.6) is 0 Å². The molecule has 0 bridgehead atoms. The fourth-order valence-electron chi connectivity index (χ4n) is 1.77. The number of halogens is 2. The Kier molecular flexibility index (Phi) is 4.21. The van der Waals surface area contributed by atoms with Gasteiger partial charge in [0.15, 0.2) is 5.82 Å². The summed E-state index contributed by atoms with van der Waals surface area (Å²) in [5, 5.41) is 12.2. The number of aromatic nitrogens is 3. The second-order valence-corrected chi connectivity index (χ2v) is 6.44. The molecular formula is C11H12BrFN4O2S. The van der Waals surface area contributed by atoms with E-state index in [1.807, 2.05) is 6.92 Å². The average Bonchev–Trinajstić information content (AvgIpc) is 2.77. The van der Waals surface area contributed by atoms with E-state index in [0.717, 1.165) is 0 Å². The van der Waals surface area contributed by atoms with E-state index in [4.69, 9.17) is 5.14 Å². The summed E-state index contributed by atoms with van der Waals surface area (Å²) >= 11 is 3.05. The Morgan fingerprint density at radius 2 is 2.10 bits per heavy atom. The summed E-state index contributed by atoms with van der Waals surface area (Å²) < 4.78 is 38.2. The van der Waals surface area contributed by atoms with Gasteiger partial charge in [-0.25, -0.2) is 17.9 Å². The number of sulfonamides is 1. The van der Waals surface area contributed by atoms with Gasteiger partial charge in [-0.05, 0) is 40.5 Å². The van der Waals surface area contributed by atoms with Gasteiger partial charge in [0.1, 0.15) is 5.82 Å². The van der Waals surface area contributed by atoms with Gasteiger partial charge in [0.2, 0.25) is 0 Å². The SMILES string of the molecule is CCCn1c(-c2ccc(Br)c(F)c2)nnc1S(N)(=O)=O. The van der Waals surface area contributed by atoms with Gasteiger partial charge in [0.05, 0.1) is 4.47 Å². The van der Waals surface area contributed by atoms with Gasteiger partial charge in [0.25, 0.3) is 15.2 Å². The number of hydrogen-bond acceptors (Lipinski definition) is 4. The Balaban J connectivity index is 2.62. The average molecular weight is 363 g/mol. The molecule has 2 N–H and O–H groups in total. The molecule has 1 aromatic carbocycles. The van der Waals surface area contributed by atoms with Crippen LogP contribution in [0, 0.1) is 5.82 Å². The van der Waals surface area contributed by atoms with Crippen molar-refractivity contribution in [2.75, 3.05) is 0 Å². The molecule has 2 aromatic rings. The topological polar surface area (TPSA) is 90.9 Å². The summed E-state index contributed by atoms with van der Waals surface area (Å²) in [6, 6.07) is 4.40. The lowest BCUT2D eigenvalue weighted by Crippen LogP contribution is -2.19. The van der Waals surface area contributed by atoms with Crippen molar-refractivity contribution in [3.05, 3.63) is 28.5 Å². The van der Waals surface area contributed by atoms with Crippen LogP contribution in [0.25, 0.3) is 11.4 Å². The highest BCUT2D eigenvalue weighted by Crippen LogP contribution is 2.25. The van der Waals surface area contributed by atoms with Crippen LogP contribution in [0.15, 0.2) is 27.8 Å². The number of nitrogens with two attached hydrogens (primary N) is 1. The molecule has 0 saturated carbocycles. The quantitative estimate of drug-likeness (QED) is 0.898. The Labute approximate surface area is 124 Å². The second-order valence-electron chi connectivity index (χ2n) is 4.13. The molecule has 0 fully saturated rings. The van der Waals surface area contributed by atoms with Crippen LogP contribution in [0.4, 0.5) is 4.39 Å². The fraction of sp³-hybridized carbons (Fsp3) is 0.273. The Morgan fingerprint density at radius 3 is 2.65 bits per heavy atom. The van der Waals surface area contributed by atoms with Crippen LogP contribution < -0.4 is 5.14 Å². The summed E-state index contributed by atoms with van der Waals surface area (Å²) in [5.41, 5.74) is 0.432. The van der Waals surface area contributed by atoms with Gasteiger partial charge in [-0.1, -0.05) is 6.92 Å². The molecule has 2 rings (SSSR count). The van der Waals surface area contributed by atoms with Gasteiger partial charge in [-0.3, -0.25) is 4.57 Å². The molecule has 0 atom stereocenters. The first kappa shape index (κ1) is 15.1. The maximum Gasteiger partial charge on any atom is 0.273 e. The number of benzene rings is 1. The molecule has 9 heteroatoms. The normalized spacial score (nSPS) is 11.8. The molecule has 1 aromatic heterocycles. The van der Waals surface area contributed by atoms with E-state index in [-0.39, 0.29) is 11.0 Å². The largest absolute Gasteiger partial charge is 0.297 e. The molecule has 1 heterocycles. The molecule has 0 radical (unpaired) electrons. The van der Waals surface area contributed by atoms with Gasteiger partial charge in [-0.2, -0.15) is 0 Å². The van der Waals surface area contributed by atoms with Crippen molar-refractivity contribution in [1.82, 2.24) is 14.8 Å². The molecule has 0 spiro atoms.